The minimum absolute atomic E-state index is 0.191. The first-order chi connectivity index (χ1) is 8.50. The number of nitrogens with two attached hydrogens (primary N) is 1. The lowest BCUT2D eigenvalue weighted by Gasteiger charge is -2.16. The molecule has 1 aromatic carbocycles. The van der Waals surface area contributed by atoms with Gasteiger partial charge in [0.1, 0.15) is 5.82 Å². The molecular formula is C12H17FN2O2S. The Morgan fingerprint density at radius 2 is 2.17 bits per heavy atom. The summed E-state index contributed by atoms with van der Waals surface area (Å²) in [5, 5.41) is 0. The highest BCUT2D eigenvalue weighted by molar-refractivity contribution is 7.88. The number of nitrogens with one attached hydrogen (secondary N) is 1. The summed E-state index contributed by atoms with van der Waals surface area (Å²) in [5.41, 5.74) is 5.99. The first-order valence-electron chi connectivity index (χ1n) is 5.95. The maximum Gasteiger partial charge on any atom is 0.216 e. The topological polar surface area (TPSA) is 72.2 Å². The van der Waals surface area contributed by atoms with Gasteiger partial charge < -0.3 is 5.73 Å². The minimum Gasteiger partial charge on any atom is -0.329 e. The van der Waals surface area contributed by atoms with Gasteiger partial charge in [-0.15, -0.1) is 0 Å². The second-order valence-electron chi connectivity index (χ2n) is 4.69. The lowest BCUT2D eigenvalue weighted by Crippen LogP contribution is -2.42. The van der Waals surface area contributed by atoms with Gasteiger partial charge in [0.15, 0.2) is 0 Å². The van der Waals surface area contributed by atoms with E-state index in [2.05, 4.69) is 4.72 Å². The van der Waals surface area contributed by atoms with E-state index in [0.29, 0.717) is 18.0 Å². The van der Waals surface area contributed by atoms with Crippen LogP contribution >= 0.6 is 0 Å². The molecule has 1 aliphatic rings. The van der Waals surface area contributed by atoms with E-state index in [4.69, 9.17) is 5.73 Å². The molecule has 3 N–H and O–H groups in total. The molecule has 2 rings (SSSR count). The summed E-state index contributed by atoms with van der Waals surface area (Å²) in [6.45, 7) is 0.299. The summed E-state index contributed by atoms with van der Waals surface area (Å²) < 4.78 is 39.4. The Morgan fingerprint density at radius 1 is 1.44 bits per heavy atom. The van der Waals surface area contributed by atoms with E-state index >= 15 is 0 Å². The van der Waals surface area contributed by atoms with Crippen LogP contribution in [-0.4, -0.2) is 21.0 Å². The van der Waals surface area contributed by atoms with Gasteiger partial charge in [0.2, 0.25) is 10.0 Å². The Balaban J connectivity index is 2.02. The molecule has 4 nitrogen and oxygen atoms in total. The Kier molecular flexibility index (Phi) is 3.99. The van der Waals surface area contributed by atoms with Crippen molar-refractivity contribution in [1.82, 2.24) is 4.72 Å². The van der Waals surface area contributed by atoms with Crippen LogP contribution in [0.2, 0.25) is 0 Å². The van der Waals surface area contributed by atoms with Crippen LogP contribution in [0.5, 0.6) is 0 Å². The van der Waals surface area contributed by atoms with E-state index in [1.807, 2.05) is 0 Å². The first-order valence-corrected chi connectivity index (χ1v) is 7.60. The van der Waals surface area contributed by atoms with Gasteiger partial charge in [-0.3, -0.25) is 0 Å². The van der Waals surface area contributed by atoms with Gasteiger partial charge in [0, 0.05) is 12.6 Å². The Morgan fingerprint density at radius 3 is 2.72 bits per heavy atom. The van der Waals surface area contributed by atoms with Crippen LogP contribution in [0.25, 0.3) is 0 Å². The molecule has 0 amide bonds. The number of hydrogen-bond donors (Lipinski definition) is 2. The summed E-state index contributed by atoms with van der Waals surface area (Å²) >= 11 is 0. The van der Waals surface area contributed by atoms with Gasteiger partial charge in [0.25, 0.3) is 0 Å². The van der Waals surface area contributed by atoms with E-state index < -0.39 is 15.8 Å². The first kappa shape index (κ1) is 13.5. The van der Waals surface area contributed by atoms with Crippen LogP contribution in [0.15, 0.2) is 24.3 Å². The summed E-state index contributed by atoms with van der Waals surface area (Å²) in [6, 6.07) is 5.42. The van der Waals surface area contributed by atoms with E-state index in [9.17, 15) is 12.8 Å². The SMILES string of the molecule is NCC(NS(=O)(=O)Cc1cccc(F)c1)C1CC1. The van der Waals surface area contributed by atoms with E-state index in [1.165, 1.54) is 18.2 Å². The maximum absolute atomic E-state index is 13.0. The summed E-state index contributed by atoms with van der Waals surface area (Å²) in [6.07, 6.45) is 2.04. The van der Waals surface area contributed by atoms with Crippen molar-refractivity contribution in [2.75, 3.05) is 6.54 Å². The predicted octanol–water partition coefficient (Wildman–Crippen LogP) is 0.982. The van der Waals surface area contributed by atoms with E-state index in [1.54, 1.807) is 6.07 Å². The Hall–Kier alpha value is -0.980. The predicted molar refractivity (Wildman–Crippen MR) is 67.7 cm³/mol. The second-order valence-corrected chi connectivity index (χ2v) is 6.44. The van der Waals surface area contributed by atoms with E-state index in [-0.39, 0.29) is 11.8 Å². The molecule has 1 atom stereocenters. The Labute approximate surface area is 106 Å². The number of benzene rings is 1. The minimum atomic E-state index is -3.46. The van der Waals surface area contributed by atoms with Crippen LogP contribution in [-0.2, 0) is 15.8 Å². The Bertz CT molecular complexity index is 515. The van der Waals surface area contributed by atoms with Crippen molar-refractivity contribution >= 4 is 10.0 Å². The monoisotopic (exact) mass is 272 g/mol. The fourth-order valence-corrected chi connectivity index (χ4v) is 3.41. The van der Waals surface area contributed by atoms with Crippen molar-refractivity contribution in [2.45, 2.75) is 24.6 Å². The molecule has 0 aliphatic heterocycles. The molecule has 1 unspecified atom stereocenters. The molecule has 0 heterocycles. The van der Waals surface area contributed by atoms with Crippen LogP contribution < -0.4 is 10.5 Å². The van der Waals surface area contributed by atoms with E-state index in [0.717, 1.165) is 12.8 Å². The van der Waals surface area contributed by atoms with Gasteiger partial charge in [0.05, 0.1) is 5.75 Å². The number of sulfonamides is 1. The zero-order valence-corrected chi connectivity index (χ0v) is 10.8. The largest absolute Gasteiger partial charge is 0.329 e. The maximum atomic E-state index is 13.0. The third-order valence-electron chi connectivity index (χ3n) is 3.02. The molecule has 0 bridgehead atoms. The molecule has 100 valence electrons. The lowest BCUT2D eigenvalue weighted by atomic mass is 10.2. The molecule has 1 aromatic rings. The second kappa shape index (κ2) is 5.34. The van der Waals surface area contributed by atoms with Gasteiger partial charge in [-0.05, 0) is 36.5 Å². The van der Waals surface area contributed by atoms with Crippen LogP contribution in [0.4, 0.5) is 4.39 Å². The number of rotatable bonds is 6. The van der Waals surface area contributed by atoms with Crippen molar-refractivity contribution in [3.05, 3.63) is 35.6 Å². The molecule has 0 radical (unpaired) electrons. The standard InChI is InChI=1S/C12H17FN2O2S/c13-11-3-1-2-9(6-11)8-18(16,17)15-12(7-14)10-4-5-10/h1-3,6,10,12,15H,4-5,7-8,14H2. The van der Waals surface area contributed by atoms with Gasteiger partial charge in [-0.1, -0.05) is 12.1 Å². The van der Waals surface area contributed by atoms with Gasteiger partial charge in [-0.25, -0.2) is 17.5 Å². The average Bonchev–Trinajstić information content (AvgIpc) is 3.09. The third-order valence-corrected chi connectivity index (χ3v) is 4.40. The van der Waals surface area contributed by atoms with Crippen molar-refractivity contribution in [3.8, 4) is 0 Å². The number of hydrogen-bond acceptors (Lipinski definition) is 3. The summed E-state index contributed by atoms with van der Waals surface area (Å²) in [7, 11) is -3.46. The molecule has 0 saturated heterocycles. The average molecular weight is 272 g/mol. The van der Waals surface area contributed by atoms with Crippen molar-refractivity contribution in [1.29, 1.82) is 0 Å². The molecule has 1 saturated carbocycles. The fourth-order valence-electron chi connectivity index (χ4n) is 1.95. The van der Waals surface area contributed by atoms with Crippen LogP contribution in [0.3, 0.4) is 0 Å². The third kappa shape index (κ3) is 3.76. The molecule has 18 heavy (non-hydrogen) atoms. The zero-order valence-electron chi connectivity index (χ0n) is 9.97. The van der Waals surface area contributed by atoms with Crippen molar-refractivity contribution in [2.24, 2.45) is 11.7 Å². The lowest BCUT2D eigenvalue weighted by molar-refractivity contribution is 0.518. The molecule has 1 aliphatic carbocycles. The number of halogens is 1. The molecular weight excluding hydrogens is 255 g/mol. The van der Waals surface area contributed by atoms with Crippen molar-refractivity contribution < 1.29 is 12.8 Å². The van der Waals surface area contributed by atoms with Gasteiger partial charge >= 0.3 is 0 Å². The summed E-state index contributed by atoms with van der Waals surface area (Å²) in [4.78, 5) is 0. The van der Waals surface area contributed by atoms with Gasteiger partial charge in [-0.2, -0.15) is 0 Å². The normalized spacial score (nSPS) is 17.7. The quantitative estimate of drug-likeness (QED) is 0.811. The van der Waals surface area contributed by atoms with Crippen LogP contribution in [0.1, 0.15) is 18.4 Å². The van der Waals surface area contributed by atoms with Crippen LogP contribution in [0, 0.1) is 11.7 Å². The fraction of sp³-hybridized carbons (Fsp3) is 0.500. The highest BCUT2D eigenvalue weighted by Gasteiger charge is 2.32. The smallest absolute Gasteiger partial charge is 0.216 e. The van der Waals surface area contributed by atoms with Crippen molar-refractivity contribution in [3.63, 3.8) is 0 Å². The molecule has 0 spiro atoms. The molecule has 6 heteroatoms. The highest BCUT2D eigenvalue weighted by Crippen LogP contribution is 2.32. The molecule has 0 aromatic heterocycles. The summed E-state index contributed by atoms with van der Waals surface area (Å²) in [5.74, 6) is -0.286. The molecule has 1 fully saturated rings. The highest BCUT2D eigenvalue weighted by atomic mass is 32.2. The zero-order chi connectivity index (χ0) is 13.2.